The quantitative estimate of drug-likeness (QED) is 0.196. The summed E-state index contributed by atoms with van der Waals surface area (Å²) in [6.45, 7) is 8.90. The summed E-state index contributed by atoms with van der Waals surface area (Å²) in [5.74, 6) is 0. The van der Waals surface area contributed by atoms with Gasteiger partial charge in [0.1, 0.15) is 6.23 Å². The third-order valence-corrected chi connectivity index (χ3v) is 3.51. The Hall–Kier alpha value is -2.14. The van der Waals surface area contributed by atoms with Gasteiger partial charge in [-0.25, -0.2) is 0 Å². The maximum atomic E-state index is 12.1. The van der Waals surface area contributed by atoms with Crippen molar-refractivity contribution in [2.75, 3.05) is 0 Å². The number of aliphatic hydroxyl groups is 3. The molecule has 0 aromatic carbocycles. The van der Waals surface area contributed by atoms with Gasteiger partial charge in [-0.1, -0.05) is 48.6 Å². The summed E-state index contributed by atoms with van der Waals surface area (Å²) in [6, 6.07) is 0. The molecule has 0 aliphatic rings. The first-order chi connectivity index (χ1) is 14.5. The molecule has 0 rings (SSSR count). The van der Waals surface area contributed by atoms with E-state index in [0.29, 0.717) is 30.4 Å². The summed E-state index contributed by atoms with van der Waals surface area (Å²) < 4.78 is 72.5. The Balaban J connectivity index is 0. The van der Waals surface area contributed by atoms with Gasteiger partial charge in [0, 0.05) is 17.6 Å². The average Bonchev–Trinajstić information content (AvgIpc) is 2.61. The van der Waals surface area contributed by atoms with E-state index in [1.807, 2.05) is 0 Å². The lowest BCUT2D eigenvalue weighted by Gasteiger charge is -2.05. The molecule has 1 unspecified atom stereocenters. The van der Waals surface area contributed by atoms with Crippen molar-refractivity contribution in [2.45, 2.75) is 64.4 Å². The second kappa shape index (κ2) is 15.6. The summed E-state index contributed by atoms with van der Waals surface area (Å²) in [5, 5.41) is 25.8. The van der Waals surface area contributed by atoms with Gasteiger partial charge in [-0.05, 0) is 45.3 Å². The van der Waals surface area contributed by atoms with Crippen LogP contribution in [0, 0.1) is 0 Å². The molecule has 10 heteroatoms. The number of halogens is 6. The SMILES string of the molecule is C=C(/C=C(C)\C=C\CCC(N)O)C(F)(F)F.C=C(/C=C(C)\C=C\CCC(O)O)C(F)(F)F. The van der Waals surface area contributed by atoms with E-state index in [2.05, 4.69) is 13.2 Å². The Morgan fingerprint density at radius 2 is 1.12 bits per heavy atom. The second-order valence-electron chi connectivity index (χ2n) is 6.83. The predicted molar refractivity (Wildman–Crippen MR) is 113 cm³/mol. The summed E-state index contributed by atoms with van der Waals surface area (Å²) in [6.07, 6.45) is -1.46. The Kier molecular flexibility index (Phi) is 15.6. The molecule has 0 aliphatic heterocycles. The van der Waals surface area contributed by atoms with Crippen LogP contribution in [0.2, 0.25) is 0 Å². The van der Waals surface area contributed by atoms with Crippen LogP contribution in [-0.2, 0) is 0 Å². The van der Waals surface area contributed by atoms with Crippen molar-refractivity contribution in [3.63, 3.8) is 0 Å². The van der Waals surface area contributed by atoms with Crippen molar-refractivity contribution in [2.24, 2.45) is 5.73 Å². The van der Waals surface area contributed by atoms with Crippen molar-refractivity contribution in [3.05, 3.63) is 71.9 Å². The van der Waals surface area contributed by atoms with Gasteiger partial charge in [-0.15, -0.1) is 0 Å². The zero-order chi connectivity index (χ0) is 25.5. The Bertz CT molecular complexity index is 639. The van der Waals surface area contributed by atoms with Gasteiger partial charge in [-0.2, -0.15) is 26.3 Å². The molecule has 5 N–H and O–H groups in total. The lowest BCUT2D eigenvalue weighted by Crippen LogP contribution is -2.17. The van der Waals surface area contributed by atoms with Crippen LogP contribution in [-0.4, -0.2) is 40.2 Å². The van der Waals surface area contributed by atoms with Crippen LogP contribution >= 0.6 is 0 Å². The molecule has 0 saturated carbocycles. The molecule has 0 aromatic heterocycles. The van der Waals surface area contributed by atoms with E-state index in [1.165, 1.54) is 13.0 Å². The highest BCUT2D eigenvalue weighted by molar-refractivity contribution is 5.30. The van der Waals surface area contributed by atoms with E-state index in [-0.39, 0.29) is 6.42 Å². The third kappa shape index (κ3) is 19.8. The summed E-state index contributed by atoms with van der Waals surface area (Å²) >= 11 is 0. The topological polar surface area (TPSA) is 86.7 Å². The molecule has 4 nitrogen and oxygen atoms in total. The molecular weight excluding hydrogens is 440 g/mol. The maximum absolute atomic E-state index is 12.1. The number of alkyl halides is 6. The Labute approximate surface area is 184 Å². The van der Waals surface area contributed by atoms with Crippen LogP contribution in [0.25, 0.3) is 0 Å². The fourth-order valence-corrected chi connectivity index (χ4v) is 1.86. The zero-order valence-electron chi connectivity index (χ0n) is 18.0. The van der Waals surface area contributed by atoms with E-state index in [9.17, 15) is 26.3 Å². The van der Waals surface area contributed by atoms with Gasteiger partial charge in [0.15, 0.2) is 6.29 Å². The minimum absolute atomic E-state index is 0.157. The molecule has 0 amide bonds. The first-order valence-corrected chi connectivity index (χ1v) is 9.48. The first kappa shape index (κ1) is 32.0. The maximum Gasteiger partial charge on any atom is 0.415 e. The Morgan fingerprint density at radius 1 is 0.781 bits per heavy atom. The lowest BCUT2D eigenvalue weighted by atomic mass is 10.1. The van der Waals surface area contributed by atoms with Crippen LogP contribution in [0.3, 0.4) is 0 Å². The van der Waals surface area contributed by atoms with E-state index in [4.69, 9.17) is 21.1 Å². The first-order valence-electron chi connectivity index (χ1n) is 9.48. The van der Waals surface area contributed by atoms with E-state index in [1.54, 1.807) is 25.2 Å². The number of hydrogen-bond donors (Lipinski definition) is 4. The van der Waals surface area contributed by atoms with Gasteiger partial charge in [0.25, 0.3) is 0 Å². The summed E-state index contributed by atoms with van der Waals surface area (Å²) in [5.41, 5.74) is 4.17. The molecule has 32 heavy (non-hydrogen) atoms. The monoisotopic (exact) mass is 471 g/mol. The normalized spacial score (nSPS) is 14.7. The highest BCUT2D eigenvalue weighted by Crippen LogP contribution is 2.26. The van der Waals surface area contributed by atoms with Crippen molar-refractivity contribution in [1.29, 1.82) is 0 Å². The van der Waals surface area contributed by atoms with Crippen LogP contribution in [0.1, 0.15) is 39.5 Å². The summed E-state index contributed by atoms with van der Waals surface area (Å²) in [7, 11) is 0. The molecule has 0 radical (unpaired) electrons. The van der Waals surface area contributed by atoms with Gasteiger partial charge in [0.05, 0.1) is 0 Å². The predicted octanol–water partition coefficient (Wildman–Crippen LogP) is 5.36. The standard InChI is InChI=1S/C11H16F3NO.C11H15F3O2/c2*1-8(5-3-4-6-10(15)16)7-9(2)11(12,13)14/h3,5,7,10,16H,2,4,6,15H2,1H3;3,5,7,10,15-16H,2,4,6H2,1H3/b2*5-3+,8-7-. The smallest absolute Gasteiger partial charge is 0.379 e. The van der Waals surface area contributed by atoms with Crippen LogP contribution < -0.4 is 5.73 Å². The van der Waals surface area contributed by atoms with E-state index >= 15 is 0 Å². The molecule has 0 saturated heterocycles. The van der Waals surface area contributed by atoms with E-state index in [0.717, 1.165) is 12.2 Å². The number of rotatable bonds is 10. The van der Waals surface area contributed by atoms with E-state index < -0.39 is 36.0 Å². The molecule has 0 aromatic rings. The summed E-state index contributed by atoms with van der Waals surface area (Å²) in [4.78, 5) is 0. The number of hydrogen-bond acceptors (Lipinski definition) is 4. The van der Waals surface area contributed by atoms with Gasteiger partial charge < -0.3 is 21.1 Å². The van der Waals surface area contributed by atoms with Crippen molar-refractivity contribution < 1.29 is 41.7 Å². The lowest BCUT2D eigenvalue weighted by molar-refractivity contribution is -0.0887. The highest BCUT2D eigenvalue weighted by Gasteiger charge is 2.30. The fraction of sp³-hybridized carbons (Fsp3) is 0.455. The molecule has 0 aliphatic carbocycles. The zero-order valence-corrected chi connectivity index (χ0v) is 18.0. The van der Waals surface area contributed by atoms with Crippen molar-refractivity contribution in [3.8, 4) is 0 Å². The molecule has 184 valence electrons. The average molecular weight is 471 g/mol. The molecule has 0 heterocycles. The van der Waals surface area contributed by atoms with Crippen molar-refractivity contribution in [1.82, 2.24) is 0 Å². The molecule has 0 spiro atoms. The number of aliphatic hydroxyl groups excluding tert-OH is 2. The minimum atomic E-state index is -4.41. The number of allylic oxidation sites excluding steroid dienone is 10. The molecule has 1 atom stereocenters. The molecule has 0 bridgehead atoms. The highest BCUT2D eigenvalue weighted by atomic mass is 19.4. The van der Waals surface area contributed by atoms with Crippen LogP contribution in [0.5, 0.6) is 0 Å². The van der Waals surface area contributed by atoms with Gasteiger partial charge in [0.2, 0.25) is 0 Å². The molecule has 0 fully saturated rings. The van der Waals surface area contributed by atoms with Gasteiger partial charge >= 0.3 is 12.4 Å². The second-order valence-corrected chi connectivity index (χ2v) is 6.83. The van der Waals surface area contributed by atoms with Crippen LogP contribution in [0.4, 0.5) is 26.3 Å². The minimum Gasteiger partial charge on any atom is -0.379 e. The largest absolute Gasteiger partial charge is 0.415 e. The number of nitrogens with two attached hydrogens (primary N) is 1. The van der Waals surface area contributed by atoms with Crippen molar-refractivity contribution >= 4 is 0 Å². The Morgan fingerprint density at radius 3 is 1.41 bits per heavy atom. The third-order valence-electron chi connectivity index (χ3n) is 3.51. The van der Waals surface area contributed by atoms with Crippen LogP contribution in [0.15, 0.2) is 71.9 Å². The van der Waals surface area contributed by atoms with Gasteiger partial charge in [-0.3, -0.25) is 0 Å². The molecular formula is C22H31F6NO3. The fourth-order valence-electron chi connectivity index (χ4n) is 1.86.